The van der Waals surface area contributed by atoms with Crippen molar-refractivity contribution in [1.29, 1.82) is 0 Å². The predicted octanol–water partition coefficient (Wildman–Crippen LogP) is 3.11. The van der Waals surface area contributed by atoms with Crippen molar-refractivity contribution in [3.05, 3.63) is 59.9 Å². The molecule has 0 spiro atoms. The first-order chi connectivity index (χ1) is 8.77. The minimum Gasteiger partial charge on any atom is -0.478 e. The van der Waals surface area contributed by atoms with E-state index in [2.05, 4.69) is 4.98 Å². The van der Waals surface area contributed by atoms with Crippen molar-refractivity contribution in [2.24, 2.45) is 0 Å². The topological polar surface area (TPSA) is 50.2 Å². The van der Waals surface area contributed by atoms with E-state index in [9.17, 15) is 4.79 Å². The van der Waals surface area contributed by atoms with E-state index in [1.807, 2.05) is 30.5 Å². The van der Waals surface area contributed by atoms with E-state index in [1.165, 1.54) is 0 Å². The molecular formula is C14H13NO2S. The van der Waals surface area contributed by atoms with E-state index >= 15 is 0 Å². The number of thioether (sulfide) groups is 1. The summed E-state index contributed by atoms with van der Waals surface area (Å²) in [5, 5.41) is 9.06. The summed E-state index contributed by atoms with van der Waals surface area (Å²) in [5.41, 5.74) is 1.53. The van der Waals surface area contributed by atoms with Gasteiger partial charge >= 0.3 is 5.97 Å². The maximum absolute atomic E-state index is 11.0. The largest absolute Gasteiger partial charge is 0.478 e. The molecule has 1 aromatic carbocycles. The van der Waals surface area contributed by atoms with E-state index in [4.69, 9.17) is 5.11 Å². The van der Waals surface area contributed by atoms with Crippen LogP contribution in [0, 0.1) is 0 Å². The second-order valence-electron chi connectivity index (χ2n) is 3.76. The molecule has 0 atom stereocenters. The molecule has 1 heterocycles. The second kappa shape index (κ2) is 6.21. The number of pyridine rings is 1. The monoisotopic (exact) mass is 259 g/mol. The highest BCUT2D eigenvalue weighted by Crippen LogP contribution is 2.23. The minimum absolute atomic E-state index is 0.369. The van der Waals surface area contributed by atoms with Gasteiger partial charge in [0.1, 0.15) is 0 Å². The average molecular weight is 259 g/mol. The van der Waals surface area contributed by atoms with Crippen LogP contribution in [0.2, 0.25) is 0 Å². The van der Waals surface area contributed by atoms with Crippen LogP contribution in [0.1, 0.15) is 15.9 Å². The molecule has 1 aromatic heterocycles. The number of nitrogens with zero attached hydrogens (tertiary/aromatic N) is 1. The zero-order valence-electron chi connectivity index (χ0n) is 9.74. The zero-order chi connectivity index (χ0) is 12.8. The fourth-order valence-corrected chi connectivity index (χ4v) is 2.64. The minimum atomic E-state index is -0.875. The van der Waals surface area contributed by atoms with Crippen LogP contribution >= 0.6 is 11.8 Å². The molecule has 0 aliphatic carbocycles. The van der Waals surface area contributed by atoms with Crippen molar-refractivity contribution in [1.82, 2.24) is 4.98 Å². The SMILES string of the molecule is O=C(O)c1ccccc1SCCc1cccnc1. The highest BCUT2D eigenvalue weighted by molar-refractivity contribution is 7.99. The normalized spacial score (nSPS) is 10.2. The van der Waals surface area contributed by atoms with Crippen molar-refractivity contribution < 1.29 is 9.90 Å². The lowest BCUT2D eigenvalue weighted by molar-refractivity contribution is 0.0693. The van der Waals surface area contributed by atoms with E-state index in [0.717, 1.165) is 22.6 Å². The molecule has 3 nitrogen and oxygen atoms in total. The number of hydrogen-bond acceptors (Lipinski definition) is 3. The Morgan fingerprint density at radius 3 is 2.78 bits per heavy atom. The molecular weight excluding hydrogens is 246 g/mol. The molecule has 18 heavy (non-hydrogen) atoms. The quantitative estimate of drug-likeness (QED) is 0.838. The third kappa shape index (κ3) is 3.34. The number of rotatable bonds is 5. The molecule has 0 saturated heterocycles. The highest BCUT2D eigenvalue weighted by atomic mass is 32.2. The van der Waals surface area contributed by atoms with Crippen molar-refractivity contribution in [2.75, 3.05) is 5.75 Å². The summed E-state index contributed by atoms with van der Waals surface area (Å²) in [6.45, 7) is 0. The first kappa shape index (κ1) is 12.6. The molecule has 0 bridgehead atoms. The number of carboxylic acids is 1. The molecule has 92 valence electrons. The standard InChI is InChI=1S/C14H13NO2S/c16-14(17)12-5-1-2-6-13(12)18-9-7-11-4-3-8-15-10-11/h1-6,8,10H,7,9H2,(H,16,17). The molecule has 0 aliphatic heterocycles. The second-order valence-corrected chi connectivity index (χ2v) is 4.90. The van der Waals surface area contributed by atoms with Gasteiger partial charge in [0, 0.05) is 23.0 Å². The summed E-state index contributed by atoms with van der Waals surface area (Å²) in [6, 6.07) is 11.0. The van der Waals surface area contributed by atoms with Crippen LogP contribution < -0.4 is 0 Å². The molecule has 0 fully saturated rings. The number of aromatic nitrogens is 1. The molecule has 0 saturated carbocycles. The van der Waals surface area contributed by atoms with Gasteiger partial charge in [-0.1, -0.05) is 18.2 Å². The summed E-state index contributed by atoms with van der Waals surface area (Å²) < 4.78 is 0. The Morgan fingerprint density at radius 1 is 1.22 bits per heavy atom. The number of hydrogen-bond donors (Lipinski definition) is 1. The van der Waals surface area contributed by atoms with Crippen molar-refractivity contribution >= 4 is 17.7 Å². The van der Waals surface area contributed by atoms with Crippen molar-refractivity contribution in [3.63, 3.8) is 0 Å². The number of aryl methyl sites for hydroxylation is 1. The van der Waals surface area contributed by atoms with Crippen LogP contribution in [-0.2, 0) is 6.42 Å². The number of carboxylic acid groups (broad SMARTS) is 1. The Kier molecular flexibility index (Phi) is 4.36. The summed E-state index contributed by atoms with van der Waals surface area (Å²) in [5.74, 6) is -0.0322. The van der Waals surface area contributed by atoms with E-state index in [1.54, 1.807) is 30.1 Å². The Labute approximate surface area is 110 Å². The van der Waals surface area contributed by atoms with Crippen LogP contribution in [0.3, 0.4) is 0 Å². The van der Waals surface area contributed by atoms with E-state index in [-0.39, 0.29) is 0 Å². The molecule has 2 rings (SSSR count). The average Bonchev–Trinajstić information content (AvgIpc) is 2.40. The van der Waals surface area contributed by atoms with Gasteiger partial charge in [0.25, 0.3) is 0 Å². The highest BCUT2D eigenvalue weighted by Gasteiger charge is 2.08. The zero-order valence-corrected chi connectivity index (χ0v) is 10.6. The number of aromatic carboxylic acids is 1. The lowest BCUT2D eigenvalue weighted by atomic mass is 10.2. The Balaban J connectivity index is 1.97. The molecule has 4 heteroatoms. The third-order valence-electron chi connectivity index (χ3n) is 2.49. The molecule has 0 unspecified atom stereocenters. The van der Waals surface area contributed by atoms with Crippen LogP contribution in [0.25, 0.3) is 0 Å². The number of carbonyl (C=O) groups is 1. The Hall–Kier alpha value is -1.81. The van der Waals surface area contributed by atoms with Crippen molar-refractivity contribution in [3.8, 4) is 0 Å². The lowest BCUT2D eigenvalue weighted by Crippen LogP contribution is -1.99. The van der Waals surface area contributed by atoms with Crippen LogP contribution in [0.4, 0.5) is 0 Å². The van der Waals surface area contributed by atoms with Gasteiger partial charge in [-0.15, -0.1) is 11.8 Å². The van der Waals surface area contributed by atoms with Gasteiger partial charge in [-0.2, -0.15) is 0 Å². The van der Waals surface area contributed by atoms with Crippen molar-refractivity contribution in [2.45, 2.75) is 11.3 Å². The van der Waals surface area contributed by atoms with Gasteiger partial charge in [-0.3, -0.25) is 4.98 Å². The fourth-order valence-electron chi connectivity index (χ4n) is 1.59. The van der Waals surface area contributed by atoms with Crippen LogP contribution in [0.15, 0.2) is 53.7 Å². The summed E-state index contributed by atoms with van der Waals surface area (Å²) in [7, 11) is 0. The molecule has 1 N–H and O–H groups in total. The van der Waals surface area contributed by atoms with Gasteiger partial charge < -0.3 is 5.11 Å². The third-order valence-corrected chi connectivity index (χ3v) is 3.56. The van der Waals surface area contributed by atoms with Gasteiger partial charge in [0.15, 0.2) is 0 Å². The maximum atomic E-state index is 11.0. The van der Waals surface area contributed by atoms with Crippen LogP contribution in [-0.4, -0.2) is 21.8 Å². The molecule has 2 aromatic rings. The Morgan fingerprint density at radius 2 is 2.06 bits per heavy atom. The fraction of sp³-hybridized carbons (Fsp3) is 0.143. The van der Waals surface area contributed by atoms with E-state index in [0.29, 0.717) is 5.56 Å². The predicted molar refractivity (Wildman–Crippen MR) is 72.1 cm³/mol. The van der Waals surface area contributed by atoms with Gasteiger partial charge in [0.05, 0.1) is 5.56 Å². The van der Waals surface area contributed by atoms with Gasteiger partial charge in [-0.25, -0.2) is 4.79 Å². The summed E-state index contributed by atoms with van der Waals surface area (Å²) in [6.07, 6.45) is 4.46. The maximum Gasteiger partial charge on any atom is 0.336 e. The molecule has 0 radical (unpaired) electrons. The van der Waals surface area contributed by atoms with Gasteiger partial charge in [-0.05, 0) is 30.2 Å². The molecule has 0 amide bonds. The molecule has 0 aliphatic rings. The Bertz CT molecular complexity index is 528. The summed E-state index contributed by atoms with van der Waals surface area (Å²) in [4.78, 5) is 15.9. The number of benzene rings is 1. The lowest BCUT2D eigenvalue weighted by Gasteiger charge is -2.05. The van der Waals surface area contributed by atoms with E-state index < -0.39 is 5.97 Å². The summed E-state index contributed by atoms with van der Waals surface area (Å²) >= 11 is 1.56. The first-order valence-electron chi connectivity index (χ1n) is 5.61. The van der Waals surface area contributed by atoms with Gasteiger partial charge in [0.2, 0.25) is 0 Å². The first-order valence-corrected chi connectivity index (χ1v) is 6.60. The van der Waals surface area contributed by atoms with Crippen LogP contribution in [0.5, 0.6) is 0 Å². The smallest absolute Gasteiger partial charge is 0.336 e.